The summed E-state index contributed by atoms with van der Waals surface area (Å²) in [7, 11) is 0. The lowest BCUT2D eigenvalue weighted by Crippen LogP contribution is -1.76. The Morgan fingerprint density at radius 1 is 1.18 bits per heavy atom. The van der Waals surface area contributed by atoms with Crippen LogP contribution in [0.5, 0.6) is 0 Å². The third-order valence-electron chi connectivity index (χ3n) is 1.14. The first kappa shape index (κ1) is 11.6. The number of hydrogen-bond donors (Lipinski definition) is 0. The molecule has 1 rings (SSSR count). The van der Waals surface area contributed by atoms with Gasteiger partial charge in [-0.25, -0.2) is 0 Å². The highest BCUT2D eigenvalue weighted by Gasteiger charge is 1.96. The molecule has 0 aromatic heterocycles. The molecule has 62 valence electrons. The van der Waals surface area contributed by atoms with Gasteiger partial charge in [0.2, 0.25) is 0 Å². The summed E-state index contributed by atoms with van der Waals surface area (Å²) < 4.78 is 0. The molecule has 4 heteroatoms. The molecule has 0 aliphatic carbocycles. The summed E-state index contributed by atoms with van der Waals surface area (Å²) in [5.74, 6) is 0. The van der Waals surface area contributed by atoms with E-state index in [1.807, 2.05) is 12.1 Å². The molecule has 1 aromatic rings. The van der Waals surface area contributed by atoms with Crippen LogP contribution in [0.1, 0.15) is 5.56 Å². The van der Waals surface area contributed by atoms with Crippen molar-refractivity contribution in [1.29, 1.82) is 0 Å². The van der Waals surface area contributed by atoms with Crippen LogP contribution in [0.4, 0.5) is 0 Å². The lowest BCUT2D eigenvalue weighted by molar-refractivity contribution is 1.44. The van der Waals surface area contributed by atoms with Gasteiger partial charge in [-0.2, -0.15) is 0 Å². The zero-order chi connectivity index (χ0) is 7.56. The highest BCUT2D eigenvalue weighted by atomic mass is 79.9. The molecule has 0 heterocycles. The van der Waals surface area contributed by atoms with Crippen LogP contribution >= 0.6 is 51.5 Å². The van der Waals surface area contributed by atoms with Crippen molar-refractivity contribution in [2.24, 2.45) is 0 Å². The van der Waals surface area contributed by atoms with Crippen LogP contribution in [0.15, 0.2) is 18.2 Å². The van der Waals surface area contributed by atoms with Gasteiger partial charge in [0, 0.05) is 5.33 Å². The van der Waals surface area contributed by atoms with Crippen molar-refractivity contribution < 1.29 is 0 Å². The quantitative estimate of drug-likeness (QED) is 0.670. The van der Waals surface area contributed by atoms with Gasteiger partial charge >= 0.3 is 0 Å². The fraction of sp³-hybridized carbons (Fsp3) is 0.143. The summed E-state index contributed by atoms with van der Waals surface area (Å²) in [5, 5.41) is 2.02. The summed E-state index contributed by atoms with van der Waals surface area (Å²) in [4.78, 5) is 0. The van der Waals surface area contributed by atoms with Crippen molar-refractivity contribution in [3.05, 3.63) is 33.8 Å². The van der Waals surface area contributed by atoms with Crippen LogP contribution in [0, 0.1) is 0 Å². The van der Waals surface area contributed by atoms with Crippen molar-refractivity contribution in [1.82, 2.24) is 0 Å². The molecule has 0 aliphatic heterocycles. The molecule has 0 nitrogen and oxygen atoms in total. The molecule has 0 N–H and O–H groups in total. The van der Waals surface area contributed by atoms with Crippen LogP contribution in [0.25, 0.3) is 0 Å². The van der Waals surface area contributed by atoms with E-state index in [1.54, 1.807) is 6.07 Å². The Balaban J connectivity index is 0.000001000. The monoisotopic (exact) mass is 274 g/mol. The van der Waals surface area contributed by atoms with Gasteiger partial charge in [-0.05, 0) is 17.7 Å². The Bertz CT molecular complexity index is 237. The minimum atomic E-state index is 0. The van der Waals surface area contributed by atoms with Gasteiger partial charge in [-0.1, -0.05) is 45.2 Å². The third-order valence-corrected chi connectivity index (χ3v) is 2.52. The van der Waals surface area contributed by atoms with E-state index in [9.17, 15) is 0 Å². The van der Waals surface area contributed by atoms with Gasteiger partial charge in [0.15, 0.2) is 0 Å². The minimum absolute atomic E-state index is 0. The predicted octanol–water partition coefficient (Wildman–Crippen LogP) is 4.31. The van der Waals surface area contributed by atoms with E-state index in [1.165, 1.54) is 0 Å². The van der Waals surface area contributed by atoms with Gasteiger partial charge < -0.3 is 0 Å². The van der Waals surface area contributed by atoms with Gasteiger partial charge in [0.1, 0.15) is 0 Å². The smallest absolute Gasteiger partial charge is 0.0595 e. The predicted molar refractivity (Wildman–Crippen MR) is 56.3 cm³/mol. The zero-order valence-corrected chi connectivity index (χ0v) is 9.40. The normalized spacial score (nSPS) is 9.00. The molecule has 0 fully saturated rings. The molecule has 11 heavy (non-hydrogen) atoms. The fourth-order valence-electron chi connectivity index (χ4n) is 0.623. The average Bonchev–Trinajstić information content (AvgIpc) is 1.95. The average molecular weight is 276 g/mol. The molecule has 0 saturated carbocycles. The fourth-order valence-corrected chi connectivity index (χ4v) is 1.29. The van der Waals surface area contributed by atoms with E-state index in [4.69, 9.17) is 23.2 Å². The van der Waals surface area contributed by atoms with Gasteiger partial charge in [0.05, 0.1) is 10.0 Å². The molecule has 0 radical (unpaired) electrons. The standard InChI is InChI=1S/C7H5BrCl2.ClH/c8-4-5-1-2-6(9)7(10)3-5;/h1-3H,4H2;1H. The topological polar surface area (TPSA) is 0 Å². The molecule has 0 saturated heterocycles. The molecule has 0 spiro atoms. The van der Waals surface area contributed by atoms with Crippen LogP contribution in [-0.4, -0.2) is 0 Å². The lowest BCUT2D eigenvalue weighted by Gasteiger charge is -1.97. The maximum atomic E-state index is 5.74. The van der Waals surface area contributed by atoms with Gasteiger partial charge in [-0.3, -0.25) is 0 Å². The van der Waals surface area contributed by atoms with Crippen LogP contribution in [0.2, 0.25) is 10.0 Å². The van der Waals surface area contributed by atoms with Gasteiger partial charge in [0.25, 0.3) is 0 Å². The molecule has 0 bridgehead atoms. The summed E-state index contributed by atoms with van der Waals surface area (Å²) in [6, 6.07) is 5.57. The van der Waals surface area contributed by atoms with Crippen LogP contribution in [0.3, 0.4) is 0 Å². The number of hydrogen-bond acceptors (Lipinski definition) is 0. The number of benzene rings is 1. The number of rotatable bonds is 1. The first-order chi connectivity index (χ1) is 4.74. The molecular weight excluding hydrogens is 270 g/mol. The Morgan fingerprint density at radius 2 is 1.82 bits per heavy atom. The van der Waals surface area contributed by atoms with E-state index >= 15 is 0 Å². The van der Waals surface area contributed by atoms with Gasteiger partial charge in [-0.15, -0.1) is 12.4 Å². The van der Waals surface area contributed by atoms with Crippen molar-refractivity contribution in [2.75, 3.05) is 0 Å². The van der Waals surface area contributed by atoms with Crippen molar-refractivity contribution >= 4 is 51.5 Å². The summed E-state index contributed by atoms with van der Waals surface area (Å²) >= 11 is 14.7. The number of alkyl halides is 1. The van der Waals surface area contributed by atoms with E-state index < -0.39 is 0 Å². The van der Waals surface area contributed by atoms with E-state index in [-0.39, 0.29) is 12.4 Å². The highest BCUT2D eigenvalue weighted by Crippen LogP contribution is 2.23. The van der Waals surface area contributed by atoms with Crippen LogP contribution in [-0.2, 0) is 5.33 Å². The molecule has 0 unspecified atom stereocenters. The maximum absolute atomic E-state index is 5.74. The Hall–Kier alpha value is 0.570. The molecule has 0 aliphatic rings. The zero-order valence-electron chi connectivity index (χ0n) is 5.48. The first-order valence-electron chi connectivity index (χ1n) is 2.74. The molecular formula is C7H6BrCl3. The maximum Gasteiger partial charge on any atom is 0.0595 e. The van der Waals surface area contributed by atoms with Crippen molar-refractivity contribution in [3.63, 3.8) is 0 Å². The van der Waals surface area contributed by atoms with E-state index in [0.29, 0.717) is 10.0 Å². The van der Waals surface area contributed by atoms with Crippen molar-refractivity contribution in [3.8, 4) is 0 Å². The second kappa shape index (κ2) is 5.26. The summed E-state index contributed by atoms with van der Waals surface area (Å²) in [6.07, 6.45) is 0. The SMILES string of the molecule is Cl.Clc1ccc(CBr)cc1Cl. The first-order valence-corrected chi connectivity index (χ1v) is 4.61. The molecule has 1 aromatic carbocycles. The Morgan fingerprint density at radius 3 is 2.27 bits per heavy atom. The number of halogens is 4. The Kier molecular flexibility index (Phi) is 5.53. The molecule has 0 amide bonds. The Labute approximate surface area is 90.4 Å². The second-order valence-corrected chi connectivity index (χ2v) is 3.26. The summed E-state index contributed by atoms with van der Waals surface area (Å²) in [5.41, 5.74) is 1.13. The minimum Gasteiger partial charge on any atom is -0.147 e. The third kappa shape index (κ3) is 3.20. The largest absolute Gasteiger partial charge is 0.147 e. The van der Waals surface area contributed by atoms with E-state index in [2.05, 4.69) is 15.9 Å². The summed E-state index contributed by atoms with van der Waals surface area (Å²) in [6.45, 7) is 0. The van der Waals surface area contributed by atoms with Crippen molar-refractivity contribution in [2.45, 2.75) is 5.33 Å². The highest BCUT2D eigenvalue weighted by molar-refractivity contribution is 9.08. The lowest BCUT2D eigenvalue weighted by atomic mass is 10.2. The molecule has 0 atom stereocenters. The van der Waals surface area contributed by atoms with Crippen LogP contribution < -0.4 is 0 Å². The second-order valence-electron chi connectivity index (χ2n) is 1.88. The van der Waals surface area contributed by atoms with E-state index in [0.717, 1.165) is 10.9 Å².